The number of ether oxygens (including phenoxy) is 2. The molecule has 2 rings (SSSR count). The van der Waals surface area contributed by atoms with E-state index in [9.17, 15) is 19.5 Å². The molecule has 0 aliphatic carbocycles. The van der Waals surface area contributed by atoms with Gasteiger partial charge in [0.15, 0.2) is 5.57 Å². The maximum absolute atomic E-state index is 11.8. The lowest BCUT2D eigenvalue weighted by Crippen LogP contribution is -2.42. The van der Waals surface area contributed by atoms with E-state index in [-0.39, 0.29) is 16.8 Å². The summed E-state index contributed by atoms with van der Waals surface area (Å²) < 4.78 is 10.2. The minimum atomic E-state index is -1.33. The minimum Gasteiger partial charge on any atom is -0.478 e. The molecule has 1 aliphatic rings. The summed E-state index contributed by atoms with van der Waals surface area (Å²) in [6.45, 7) is 2.87. The first-order valence-corrected chi connectivity index (χ1v) is 6.96. The number of carboxylic acid groups (broad SMARTS) is 1. The molecule has 1 aromatic carbocycles. The number of benzene rings is 1. The molecule has 2 N–H and O–H groups in total. The number of rotatable bonds is 3. The molecule has 1 fully saturated rings. The molecular formula is C14H12BrNO6. The largest absolute Gasteiger partial charge is 0.478 e. The van der Waals surface area contributed by atoms with Gasteiger partial charge in [0.2, 0.25) is 0 Å². The van der Waals surface area contributed by atoms with Gasteiger partial charge in [-0.3, -0.25) is 0 Å². The van der Waals surface area contributed by atoms with E-state index in [2.05, 4.69) is 21.2 Å². The van der Waals surface area contributed by atoms with Crippen molar-refractivity contribution in [3.05, 3.63) is 40.0 Å². The smallest absolute Gasteiger partial charge is 0.350 e. The maximum atomic E-state index is 11.8. The molecule has 0 amide bonds. The fraction of sp³-hybridized carbons (Fsp3) is 0.214. The Labute approximate surface area is 134 Å². The molecule has 0 unspecified atom stereocenters. The molecule has 1 aliphatic heterocycles. The molecule has 0 aromatic heterocycles. The molecule has 7 nitrogen and oxygen atoms in total. The summed E-state index contributed by atoms with van der Waals surface area (Å²) in [6, 6.07) is 4.67. The Hall–Kier alpha value is -2.35. The second kappa shape index (κ2) is 5.80. The highest BCUT2D eigenvalue weighted by Crippen LogP contribution is 2.26. The lowest BCUT2D eigenvalue weighted by molar-refractivity contribution is -0.222. The topological polar surface area (TPSA) is 102 Å². The highest BCUT2D eigenvalue weighted by Gasteiger charge is 2.39. The fourth-order valence-electron chi connectivity index (χ4n) is 1.79. The predicted octanol–water partition coefficient (Wildman–Crippen LogP) is 2.28. The van der Waals surface area contributed by atoms with Crippen LogP contribution in [0.2, 0.25) is 0 Å². The zero-order chi connectivity index (χ0) is 16.5. The number of aromatic carboxylic acids is 1. The molecule has 0 spiro atoms. The lowest BCUT2D eigenvalue weighted by Gasteiger charge is -2.29. The third-order valence-corrected chi connectivity index (χ3v) is 3.38. The Kier molecular flexibility index (Phi) is 4.23. The molecule has 116 valence electrons. The van der Waals surface area contributed by atoms with Crippen LogP contribution in [0.4, 0.5) is 5.69 Å². The summed E-state index contributed by atoms with van der Waals surface area (Å²) in [5.41, 5.74) is -0.173. The first-order valence-electron chi connectivity index (χ1n) is 6.16. The van der Waals surface area contributed by atoms with E-state index < -0.39 is 23.7 Å². The molecule has 0 bridgehead atoms. The van der Waals surface area contributed by atoms with Crippen LogP contribution >= 0.6 is 15.9 Å². The SMILES string of the molecule is CC1(C)OC(=O)C(=CNc2cccc(Br)c2C(=O)O)C(=O)O1. The van der Waals surface area contributed by atoms with Crippen molar-refractivity contribution in [2.24, 2.45) is 0 Å². The number of hydrogen-bond donors (Lipinski definition) is 2. The number of anilines is 1. The summed E-state index contributed by atoms with van der Waals surface area (Å²) in [5.74, 6) is -4.18. The standard InChI is InChI=1S/C14H12BrNO6/c1-14(2)21-12(19)7(13(20)22-14)6-16-9-5-3-4-8(15)10(9)11(17)18/h3-6,16H,1-2H3,(H,17,18). The normalized spacial score (nSPS) is 16.6. The van der Waals surface area contributed by atoms with Gasteiger partial charge in [0.1, 0.15) is 0 Å². The van der Waals surface area contributed by atoms with Crippen LogP contribution in [0.5, 0.6) is 0 Å². The van der Waals surface area contributed by atoms with Crippen molar-refractivity contribution in [2.75, 3.05) is 5.32 Å². The van der Waals surface area contributed by atoms with Crippen LogP contribution in [-0.2, 0) is 19.1 Å². The van der Waals surface area contributed by atoms with Crippen LogP contribution in [0.1, 0.15) is 24.2 Å². The molecule has 22 heavy (non-hydrogen) atoms. The maximum Gasteiger partial charge on any atom is 0.350 e. The van der Waals surface area contributed by atoms with Gasteiger partial charge in [0.05, 0.1) is 11.3 Å². The van der Waals surface area contributed by atoms with Crippen molar-refractivity contribution in [1.82, 2.24) is 0 Å². The molecule has 1 heterocycles. The monoisotopic (exact) mass is 369 g/mol. The Morgan fingerprint density at radius 2 is 1.86 bits per heavy atom. The highest BCUT2D eigenvalue weighted by molar-refractivity contribution is 9.10. The molecular weight excluding hydrogens is 358 g/mol. The average molecular weight is 370 g/mol. The van der Waals surface area contributed by atoms with Gasteiger partial charge in [-0.25, -0.2) is 14.4 Å². The van der Waals surface area contributed by atoms with E-state index >= 15 is 0 Å². The summed E-state index contributed by atoms with van der Waals surface area (Å²) in [5, 5.41) is 11.8. The fourth-order valence-corrected chi connectivity index (χ4v) is 2.33. The quantitative estimate of drug-likeness (QED) is 0.478. The molecule has 0 atom stereocenters. The molecule has 1 saturated heterocycles. The summed E-state index contributed by atoms with van der Waals surface area (Å²) in [6.07, 6.45) is 1.06. The second-order valence-electron chi connectivity index (χ2n) is 4.85. The number of hydrogen-bond acceptors (Lipinski definition) is 6. The zero-order valence-electron chi connectivity index (χ0n) is 11.7. The van der Waals surface area contributed by atoms with Crippen molar-refractivity contribution in [1.29, 1.82) is 0 Å². The molecule has 8 heteroatoms. The first-order chi connectivity index (χ1) is 10.2. The van der Waals surface area contributed by atoms with E-state index in [0.717, 1.165) is 6.20 Å². The molecule has 0 radical (unpaired) electrons. The van der Waals surface area contributed by atoms with E-state index in [1.54, 1.807) is 12.1 Å². The number of cyclic esters (lactones) is 2. The Bertz CT molecular complexity index is 673. The third kappa shape index (κ3) is 3.28. The van der Waals surface area contributed by atoms with Gasteiger partial charge in [-0.15, -0.1) is 0 Å². The van der Waals surface area contributed by atoms with Crippen molar-refractivity contribution >= 4 is 39.5 Å². The van der Waals surface area contributed by atoms with Crippen LogP contribution in [-0.4, -0.2) is 28.8 Å². The Morgan fingerprint density at radius 1 is 1.27 bits per heavy atom. The highest BCUT2D eigenvalue weighted by atomic mass is 79.9. The van der Waals surface area contributed by atoms with Gasteiger partial charge in [-0.05, 0) is 28.1 Å². The van der Waals surface area contributed by atoms with Crippen molar-refractivity contribution in [3.8, 4) is 0 Å². The van der Waals surface area contributed by atoms with E-state index in [1.807, 2.05) is 0 Å². The van der Waals surface area contributed by atoms with Gasteiger partial charge in [0, 0.05) is 24.5 Å². The van der Waals surface area contributed by atoms with Crippen molar-refractivity contribution < 1.29 is 29.0 Å². The summed E-state index contributed by atoms with van der Waals surface area (Å²) >= 11 is 3.13. The summed E-state index contributed by atoms with van der Waals surface area (Å²) in [7, 11) is 0. The van der Waals surface area contributed by atoms with Crippen molar-refractivity contribution in [3.63, 3.8) is 0 Å². The van der Waals surface area contributed by atoms with Gasteiger partial charge >= 0.3 is 17.9 Å². The number of carbonyl (C=O) groups excluding carboxylic acids is 2. The molecule has 0 saturated carbocycles. The number of carbonyl (C=O) groups is 3. The Morgan fingerprint density at radius 3 is 2.41 bits per heavy atom. The lowest BCUT2D eigenvalue weighted by atomic mass is 10.1. The van der Waals surface area contributed by atoms with Crippen molar-refractivity contribution in [2.45, 2.75) is 19.6 Å². The van der Waals surface area contributed by atoms with E-state index in [1.165, 1.54) is 19.9 Å². The predicted molar refractivity (Wildman–Crippen MR) is 79.1 cm³/mol. The Balaban J connectivity index is 2.30. The third-order valence-electron chi connectivity index (χ3n) is 2.72. The van der Waals surface area contributed by atoms with E-state index in [0.29, 0.717) is 4.47 Å². The van der Waals surface area contributed by atoms with Crippen LogP contribution < -0.4 is 5.32 Å². The second-order valence-corrected chi connectivity index (χ2v) is 5.70. The zero-order valence-corrected chi connectivity index (χ0v) is 13.3. The van der Waals surface area contributed by atoms with Crippen LogP contribution in [0, 0.1) is 0 Å². The number of esters is 2. The van der Waals surface area contributed by atoms with Gasteiger partial charge in [-0.2, -0.15) is 0 Å². The van der Waals surface area contributed by atoms with E-state index in [4.69, 9.17) is 9.47 Å². The number of halogens is 1. The average Bonchev–Trinajstić information content (AvgIpc) is 2.35. The molecule has 1 aromatic rings. The van der Waals surface area contributed by atoms with Gasteiger partial charge in [0.25, 0.3) is 5.79 Å². The van der Waals surface area contributed by atoms with Crippen LogP contribution in [0.25, 0.3) is 0 Å². The number of nitrogens with one attached hydrogen (secondary N) is 1. The summed E-state index contributed by atoms with van der Waals surface area (Å²) in [4.78, 5) is 34.8. The number of carboxylic acids is 1. The van der Waals surface area contributed by atoms with Crippen LogP contribution in [0.3, 0.4) is 0 Å². The van der Waals surface area contributed by atoms with Crippen LogP contribution in [0.15, 0.2) is 34.4 Å². The minimum absolute atomic E-state index is 0.0303. The van der Waals surface area contributed by atoms with Gasteiger partial charge < -0.3 is 19.9 Å². The first kappa shape index (κ1) is 16.0. The van der Waals surface area contributed by atoms with Gasteiger partial charge in [-0.1, -0.05) is 6.07 Å².